The van der Waals surface area contributed by atoms with Crippen molar-refractivity contribution in [1.82, 2.24) is 5.32 Å². The van der Waals surface area contributed by atoms with Crippen LogP contribution < -0.4 is 5.32 Å². The molecule has 0 saturated heterocycles. The number of aliphatic hydroxyl groups is 1. The molecule has 0 aliphatic heterocycles. The van der Waals surface area contributed by atoms with Gasteiger partial charge in [0.25, 0.3) is 5.69 Å². The Bertz CT molecular complexity index is 981. The number of non-ortho nitro benzene ring substituents is 1. The lowest BCUT2D eigenvalue weighted by atomic mass is 10.1. The maximum absolute atomic E-state index is 12.0. The van der Waals surface area contributed by atoms with Crippen molar-refractivity contribution >= 4 is 29.0 Å². The highest BCUT2D eigenvalue weighted by atomic mass is 32.1. The van der Waals surface area contributed by atoms with Crippen molar-refractivity contribution < 1.29 is 14.8 Å². The standard InChI is InChI=1S/C21H18N2O4S/c24-20(13-8-15-6-9-17(10-7-15)23(26)27)22-14-18-11-12-19(28-18)21(25)16-4-2-1-3-5-16/h1-13,21,25H,14H2,(H,22,24)/b13-8+. The highest BCUT2D eigenvalue weighted by molar-refractivity contribution is 7.12. The van der Waals surface area contributed by atoms with Gasteiger partial charge in [0.2, 0.25) is 5.91 Å². The van der Waals surface area contributed by atoms with E-state index >= 15 is 0 Å². The Morgan fingerprint density at radius 3 is 2.50 bits per heavy atom. The molecule has 1 atom stereocenters. The first-order chi connectivity index (χ1) is 13.5. The van der Waals surface area contributed by atoms with E-state index in [9.17, 15) is 20.0 Å². The molecule has 142 valence electrons. The number of nitro groups is 1. The van der Waals surface area contributed by atoms with Crippen LogP contribution in [0, 0.1) is 10.1 Å². The molecule has 6 nitrogen and oxygen atoms in total. The van der Waals surface area contributed by atoms with Crippen LogP contribution in [-0.4, -0.2) is 15.9 Å². The Kier molecular flexibility index (Phi) is 6.31. The van der Waals surface area contributed by atoms with E-state index in [4.69, 9.17) is 0 Å². The molecule has 28 heavy (non-hydrogen) atoms. The van der Waals surface area contributed by atoms with Crippen LogP contribution >= 0.6 is 11.3 Å². The number of hydrogen-bond donors (Lipinski definition) is 2. The molecule has 1 unspecified atom stereocenters. The van der Waals surface area contributed by atoms with Crippen molar-refractivity contribution in [1.29, 1.82) is 0 Å². The summed E-state index contributed by atoms with van der Waals surface area (Å²) in [5.41, 5.74) is 1.53. The summed E-state index contributed by atoms with van der Waals surface area (Å²) in [4.78, 5) is 23.9. The molecule has 0 bridgehead atoms. The minimum absolute atomic E-state index is 0.00721. The molecule has 0 saturated carbocycles. The SMILES string of the molecule is O=C(/C=C/c1ccc([N+](=O)[O-])cc1)NCc1ccc(C(O)c2ccccc2)s1. The van der Waals surface area contributed by atoms with Gasteiger partial charge in [0.15, 0.2) is 0 Å². The second-order valence-electron chi connectivity index (χ2n) is 6.02. The molecule has 0 aliphatic rings. The average Bonchev–Trinajstić information content (AvgIpc) is 3.20. The van der Waals surface area contributed by atoms with Crippen LogP contribution in [0.1, 0.15) is 27.0 Å². The number of nitrogens with zero attached hydrogens (tertiary/aromatic N) is 1. The highest BCUT2D eigenvalue weighted by Gasteiger charge is 2.12. The topological polar surface area (TPSA) is 92.5 Å². The van der Waals surface area contributed by atoms with E-state index in [-0.39, 0.29) is 11.6 Å². The Morgan fingerprint density at radius 1 is 1.11 bits per heavy atom. The van der Waals surface area contributed by atoms with Crippen LogP contribution in [0.15, 0.2) is 72.8 Å². The monoisotopic (exact) mass is 394 g/mol. The van der Waals surface area contributed by atoms with Crippen molar-refractivity contribution in [2.45, 2.75) is 12.6 Å². The van der Waals surface area contributed by atoms with E-state index in [2.05, 4.69) is 5.32 Å². The van der Waals surface area contributed by atoms with Gasteiger partial charge in [-0.1, -0.05) is 30.3 Å². The third-order valence-electron chi connectivity index (χ3n) is 4.04. The minimum Gasteiger partial charge on any atom is -0.383 e. The van der Waals surface area contributed by atoms with Crippen LogP contribution in [-0.2, 0) is 11.3 Å². The second kappa shape index (κ2) is 9.07. The van der Waals surface area contributed by atoms with Crippen LogP contribution in [0.3, 0.4) is 0 Å². The van der Waals surface area contributed by atoms with Crippen LogP contribution in [0.5, 0.6) is 0 Å². The third kappa shape index (κ3) is 5.12. The van der Waals surface area contributed by atoms with Gasteiger partial charge in [0.1, 0.15) is 6.10 Å². The Morgan fingerprint density at radius 2 is 1.82 bits per heavy atom. The first kappa shape index (κ1) is 19.5. The lowest BCUT2D eigenvalue weighted by molar-refractivity contribution is -0.384. The number of amides is 1. The summed E-state index contributed by atoms with van der Waals surface area (Å²) < 4.78 is 0. The zero-order chi connectivity index (χ0) is 19.9. The molecule has 7 heteroatoms. The summed E-state index contributed by atoms with van der Waals surface area (Å²) >= 11 is 1.44. The van der Waals surface area contributed by atoms with Crippen LogP contribution in [0.2, 0.25) is 0 Å². The van der Waals surface area contributed by atoms with E-state index in [0.29, 0.717) is 12.1 Å². The summed E-state index contributed by atoms with van der Waals surface area (Å²) in [5, 5.41) is 23.8. The number of rotatable bonds is 7. The van der Waals surface area contributed by atoms with Gasteiger partial charge in [-0.05, 0) is 41.5 Å². The largest absolute Gasteiger partial charge is 0.383 e. The number of carbonyl (C=O) groups excluding carboxylic acids is 1. The zero-order valence-corrected chi connectivity index (χ0v) is 15.6. The predicted molar refractivity (Wildman–Crippen MR) is 109 cm³/mol. The number of hydrogen-bond acceptors (Lipinski definition) is 5. The summed E-state index contributed by atoms with van der Waals surface area (Å²) in [6.07, 6.45) is 2.30. The zero-order valence-electron chi connectivity index (χ0n) is 14.8. The Balaban J connectivity index is 1.53. The number of carbonyl (C=O) groups is 1. The molecule has 1 aromatic heterocycles. The molecular formula is C21H18N2O4S. The molecular weight excluding hydrogens is 376 g/mol. The second-order valence-corrected chi connectivity index (χ2v) is 7.22. The first-order valence-corrected chi connectivity index (χ1v) is 9.36. The van der Waals surface area contributed by atoms with E-state index < -0.39 is 11.0 Å². The maximum Gasteiger partial charge on any atom is 0.269 e. The fourth-order valence-corrected chi connectivity index (χ4v) is 3.52. The molecule has 1 amide bonds. The molecule has 3 rings (SSSR count). The lowest BCUT2D eigenvalue weighted by Crippen LogP contribution is -2.19. The van der Waals surface area contributed by atoms with E-state index in [0.717, 1.165) is 15.3 Å². The summed E-state index contributed by atoms with van der Waals surface area (Å²) in [5.74, 6) is -0.267. The van der Waals surface area contributed by atoms with Gasteiger partial charge < -0.3 is 10.4 Å². The van der Waals surface area contributed by atoms with Gasteiger partial charge >= 0.3 is 0 Å². The Hall–Kier alpha value is -3.29. The summed E-state index contributed by atoms with van der Waals surface area (Å²) in [6, 6.07) is 19.1. The van der Waals surface area contributed by atoms with Crippen molar-refractivity contribution in [2.24, 2.45) is 0 Å². The van der Waals surface area contributed by atoms with Gasteiger partial charge in [0.05, 0.1) is 11.5 Å². The normalized spacial score (nSPS) is 12.0. The number of nitro benzene ring substituents is 1. The first-order valence-electron chi connectivity index (χ1n) is 8.55. The number of nitrogens with one attached hydrogen (secondary N) is 1. The van der Waals surface area contributed by atoms with Gasteiger partial charge in [-0.15, -0.1) is 11.3 Å². The molecule has 0 aliphatic carbocycles. The van der Waals surface area contributed by atoms with E-state index in [1.807, 2.05) is 42.5 Å². The molecule has 0 spiro atoms. The quantitative estimate of drug-likeness (QED) is 0.359. The van der Waals surface area contributed by atoms with Gasteiger partial charge in [-0.25, -0.2) is 0 Å². The molecule has 3 aromatic rings. The fraction of sp³-hybridized carbons (Fsp3) is 0.0952. The van der Waals surface area contributed by atoms with E-state index in [1.165, 1.54) is 29.5 Å². The van der Waals surface area contributed by atoms with Gasteiger partial charge in [0, 0.05) is 28.0 Å². The predicted octanol–water partition coefficient (Wildman–Crippen LogP) is 4.07. The van der Waals surface area contributed by atoms with E-state index in [1.54, 1.807) is 18.2 Å². The smallest absolute Gasteiger partial charge is 0.269 e. The van der Waals surface area contributed by atoms with Crippen LogP contribution in [0.25, 0.3) is 6.08 Å². The summed E-state index contributed by atoms with van der Waals surface area (Å²) in [6.45, 7) is 0.357. The number of aliphatic hydroxyl groups excluding tert-OH is 1. The number of thiophene rings is 1. The average molecular weight is 394 g/mol. The molecule has 2 N–H and O–H groups in total. The van der Waals surface area contributed by atoms with Gasteiger partial charge in [-0.3, -0.25) is 14.9 Å². The highest BCUT2D eigenvalue weighted by Crippen LogP contribution is 2.28. The minimum atomic E-state index is -0.683. The third-order valence-corrected chi connectivity index (χ3v) is 5.17. The van der Waals surface area contributed by atoms with Gasteiger partial charge in [-0.2, -0.15) is 0 Å². The fourth-order valence-electron chi connectivity index (χ4n) is 2.55. The Labute approximate surface area is 165 Å². The van der Waals surface area contributed by atoms with Crippen molar-refractivity contribution in [3.8, 4) is 0 Å². The molecule has 0 fully saturated rings. The molecule has 0 radical (unpaired) electrons. The summed E-state index contributed by atoms with van der Waals surface area (Å²) in [7, 11) is 0. The lowest BCUT2D eigenvalue weighted by Gasteiger charge is -2.08. The van der Waals surface area contributed by atoms with Crippen molar-refractivity contribution in [2.75, 3.05) is 0 Å². The van der Waals surface area contributed by atoms with Crippen molar-refractivity contribution in [3.05, 3.63) is 104 Å². The maximum atomic E-state index is 12.0. The molecule has 2 aromatic carbocycles. The van der Waals surface area contributed by atoms with Crippen molar-refractivity contribution in [3.63, 3.8) is 0 Å². The van der Waals surface area contributed by atoms with Crippen LogP contribution in [0.4, 0.5) is 5.69 Å². The molecule has 1 heterocycles. The number of benzene rings is 2.